The summed E-state index contributed by atoms with van der Waals surface area (Å²) in [7, 11) is 0. The van der Waals surface area contributed by atoms with Crippen LogP contribution in [-0.2, 0) is 0 Å². The summed E-state index contributed by atoms with van der Waals surface area (Å²) in [6, 6.07) is 16.8. The van der Waals surface area contributed by atoms with E-state index in [0.717, 1.165) is 39.8 Å². The first-order valence-corrected chi connectivity index (χ1v) is 11.2. The van der Waals surface area contributed by atoms with E-state index in [1.807, 2.05) is 12.1 Å². The lowest BCUT2D eigenvalue weighted by Crippen LogP contribution is -2.32. The SMILES string of the molecule is CC(C)NC(CNc1ccc(-c2ncnc3c2[C@H](C)C[C@H]3O)cc1)c1ccc(Cl)cc1.Cl. The van der Waals surface area contributed by atoms with Crippen LogP contribution in [0.1, 0.15) is 62.1 Å². The second-order valence-corrected chi connectivity index (χ2v) is 8.99. The van der Waals surface area contributed by atoms with Crippen molar-refractivity contribution in [3.63, 3.8) is 0 Å². The van der Waals surface area contributed by atoms with Gasteiger partial charge in [0, 0.05) is 40.5 Å². The molecule has 170 valence electrons. The highest BCUT2D eigenvalue weighted by Gasteiger charge is 2.31. The monoisotopic (exact) mass is 472 g/mol. The van der Waals surface area contributed by atoms with Gasteiger partial charge in [-0.05, 0) is 42.2 Å². The van der Waals surface area contributed by atoms with Crippen LogP contribution in [0.4, 0.5) is 5.69 Å². The van der Waals surface area contributed by atoms with E-state index in [2.05, 4.69) is 77.8 Å². The molecule has 1 heterocycles. The first kappa shape index (κ1) is 24.5. The quantitative estimate of drug-likeness (QED) is 0.398. The number of hydrogen-bond acceptors (Lipinski definition) is 5. The molecule has 4 rings (SSSR count). The maximum atomic E-state index is 10.2. The average molecular weight is 473 g/mol. The van der Waals surface area contributed by atoms with E-state index >= 15 is 0 Å². The van der Waals surface area contributed by atoms with E-state index < -0.39 is 6.10 Å². The Kier molecular flexibility index (Phi) is 8.12. The number of benzene rings is 2. The molecular formula is C25H30Cl2N4O. The fraction of sp³-hybridized carbons (Fsp3) is 0.360. The molecule has 0 radical (unpaired) electrons. The van der Waals surface area contributed by atoms with E-state index in [0.29, 0.717) is 12.5 Å². The Morgan fingerprint density at radius 1 is 1.06 bits per heavy atom. The second kappa shape index (κ2) is 10.6. The predicted molar refractivity (Wildman–Crippen MR) is 134 cm³/mol. The van der Waals surface area contributed by atoms with Gasteiger partial charge in [-0.1, -0.05) is 56.6 Å². The standard InChI is InChI=1S/C25H29ClN4O.ClH/c1-15(2)30-21(17-4-8-19(26)9-5-17)13-27-20-10-6-18(7-11-20)24-23-16(3)12-22(31)25(23)29-14-28-24;/h4-11,14-16,21-22,27,30-31H,12-13H2,1-3H3;1H/t16-,21?,22-;/m1./s1. The van der Waals surface area contributed by atoms with E-state index in [4.69, 9.17) is 11.6 Å². The number of anilines is 1. The lowest BCUT2D eigenvalue weighted by molar-refractivity contribution is 0.170. The number of fused-ring (bicyclic) bond motifs is 1. The molecular weight excluding hydrogens is 443 g/mol. The molecule has 7 heteroatoms. The van der Waals surface area contributed by atoms with Crippen LogP contribution in [-0.4, -0.2) is 27.7 Å². The van der Waals surface area contributed by atoms with Crippen LogP contribution in [0.5, 0.6) is 0 Å². The van der Waals surface area contributed by atoms with Crippen LogP contribution < -0.4 is 10.6 Å². The van der Waals surface area contributed by atoms with Crippen LogP contribution >= 0.6 is 24.0 Å². The molecule has 1 unspecified atom stereocenters. The molecule has 3 aromatic rings. The molecule has 1 aliphatic rings. The third kappa shape index (κ3) is 5.41. The third-order valence-electron chi connectivity index (χ3n) is 5.78. The summed E-state index contributed by atoms with van der Waals surface area (Å²) in [5, 5.41) is 18.1. The molecule has 1 aromatic heterocycles. The minimum atomic E-state index is -0.494. The zero-order chi connectivity index (χ0) is 22.0. The number of aliphatic hydroxyl groups is 1. The van der Waals surface area contributed by atoms with Crippen LogP contribution in [0.15, 0.2) is 54.9 Å². The smallest absolute Gasteiger partial charge is 0.116 e. The summed E-state index contributed by atoms with van der Waals surface area (Å²) in [6.07, 6.45) is 1.76. The van der Waals surface area contributed by atoms with Crippen molar-refractivity contribution < 1.29 is 5.11 Å². The summed E-state index contributed by atoms with van der Waals surface area (Å²) in [6.45, 7) is 7.17. The molecule has 0 saturated heterocycles. The van der Waals surface area contributed by atoms with Crippen LogP contribution in [0.2, 0.25) is 5.02 Å². The highest BCUT2D eigenvalue weighted by atomic mass is 35.5. The van der Waals surface area contributed by atoms with Gasteiger partial charge in [0.05, 0.1) is 17.5 Å². The van der Waals surface area contributed by atoms with Crippen molar-refractivity contribution in [3.05, 3.63) is 76.7 Å². The van der Waals surface area contributed by atoms with Crippen LogP contribution in [0, 0.1) is 0 Å². The van der Waals surface area contributed by atoms with Crippen LogP contribution in [0.25, 0.3) is 11.3 Å². The lowest BCUT2D eigenvalue weighted by Gasteiger charge is -2.23. The number of nitrogens with zero attached hydrogens (tertiary/aromatic N) is 2. The summed E-state index contributed by atoms with van der Waals surface area (Å²) < 4.78 is 0. The third-order valence-corrected chi connectivity index (χ3v) is 6.03. The Morgan fingerprint density at radius 3 is 2.41 bits per heavy atom. The molecule has 5 nitrogen and oxygen atoms in total. The van der Waals surface area contributed by atoms with Gasteiger partial charge in [0.1, 0.15) is 6.33 Å². The Bertz CT molecular complexity index is 1030. The number of aromatic nitrogens is 2. The Morgan fingerprint density at radius 2 is 1.75 bits per heavy atom. The summed E-state index contributed by atoms with van der Waals surface area (Å²) in [4.78, 5) is 8.84. The summed E-state index contributed by atoms with van der Waals surface area (Å²) >= 11 is 6.05. The predicted octanol–water partition coefficient (Wildman–Crippen LogP) is 5.91. The maximum Gasteiger partial charge on any atom is 0.116 e. The van der Waals surface area contributed by atoms with Gasteiger partial charge in [0.2, 0.25) is 0 Å². The second-order valence-electron chi connectivity index (χ2n) is 8.56. The normalized spacial score (nSPS) is 18.2. The number of hydrogen-bond donors (Lipinski definition) is 3. The lowest BCUT2D eigenvalue weighted by atomic mass is 9.98. The highest BCUT2D eigenvalue weighted by Crippen LogP contribution is 2.42. The first-order valence-electron chi connectivity index (χ1n) is 10.8. The number of halogens is 2. The van der Waals surface area contributed by atoms with Gasteiger partial charge in [-0.2, -0.15) is 0 Å². The van der Waals surface area contributed by atoms with Gasteiger partial charge in [-0.25, -0.2) is 9.97 Å². The number of nitrogens with one attached hydrogen (secondary N) is 2. The highest BCUT2D eigenvalue weighted by molar-refractivity contribution is 6.30. The van der Waals surface area contributed by atoms with E-state index in [9.17, 15) is 5.11 Å². The Hall–Kier alpha value is -2.18. The molecule has 0 saturated carbocycles. The summed E-state index contributed by atoms with van der Waals surface area (Å²) in [5.74, 6) is 0.251. The van der Waals surface area contributed by atoms with E-state index in [1.165, 1.54) is 5.56 Å². The molecule has 2 aromatic carbocycles. The fourth-order valence-electron chi connectivity index (χ4n) is 4.29. The average Bonchev–Trinajstić information content (AvgIpc) is 3.06. The van der Waals surface area contributed by atoms with Crippen molar-refractivity contribution in [2.45, 2.75) is 51.3 Å². The van der Waals surface area contributed by atoms with E-state index in [1.54, 1.807) is 6.33 Å². The minimum Gasteiger partial charge on any atom is -0.387 e. The van der Waals surface area contributed by atoms with Gasteiger partial charge in [-0.3, -0.25) is 0 Å². The zero-order valence-electron chi connectivity index (χ0n) is 18.5. The van der Waals surface area contributed by atoms with Gasteiger partial charge in [-0.15, -0.1) is 12.4 Å². The number of rotatable bonds is 7. The Balaban J connectivity index is 0.00000289. The maximum absolute atomic E-state index is 10.2. The van der Waals surface area contributed by atoms with Gasteiger partial charge < -0.3 is 15.7 Å². The van der Waals surface area contributed by atoms with Crippen molar-refractivity contribution in [2.75, 3.05) is 11.9 Å². The molecule has 1 aliphatic carbocycles. The van der Waals surface area contributed by atoms with Crippen LogP contribution in [0.3, 0.4) is 0 Å². The molecule has 0 fully saturated rings. The molecule has 0 amide bonds. The minimum absolute atomic E-state index is 0. The molecule has 3 atom stereocenters. The molecule has 0 bridgehead atoms. The zero-order valence-corrected chi connectivity index (χ0v) is 20.1. The van der Waals surface area contributed by atoms with Gasteiger partial charge in [0.15, 0.2) is 0 Å². The van der Waals surface area contributed by atoms with Gasteiger partial charge in [0.25, 0.3) is 0 Å². The van der Waals surface area contributed by atoms with Crippen molar-refractivity contribution in [1.29, 1.82) is 0 Å². The molecule has 0 spiro atoms. The number of aliphatic hydroxyl groups excluding tert-OH is 1. The van der Waals surface area contributed by atoms with Crippen molar-refractivity contribution in [2.24, 2.45) is 0 Å². The first-order chi connectivity index (χ1) is 14.9. The van der Waals surface area contributed by atoms with Crippen molar-refractivity contribution in [3.8, 4) is 11.3 Å². The largest absolute Gasteiger partial charge is 0.387 e. The summed E-state index contributed by atoms with van der Waals surface area (Å²) in [5.41, 5.74) is 6.05. The molecule has 3 N–H and O–H groups in total. The van der Waals surface area contributed by atoms with Crippen molar-refractivity contribution >= 4 is 29.7 Å². The van der Waals surface area contributed by atoms with E-state index in [-0.39, 0.29) is 24.4 Å². The topological polar surface area (TPSA) is 70.1 Å². The molecule has 0 aliphatic heterocycles. The van der Waals surface area contributed by atoms with Crippen molar-refractivity contribution in [1.82, 2.24) is 15.3 Å². The Labute approximate surface area is 201 Å². The fourth-order valence-corrected chi connectivity index (χ4v) is 4.42. The van der Waals surface area contributed by atoms with Gasteiger partial charge >= 0.3 is 0 Å². The molecule has 32 heavy (non-hydrogen) atoms.